The third kappa shape index (κ3) is 3.37. The van der Waals surface area contributed by atoms with E-state index >= 15 is 0 Å². The lowest BCUT2D eigenvalue weighted by Crippen LogP contribution is -2.28. The molecule has 0 bridgehead atoms. The summed E-state index contributed by atoms with van der Waals surface area (Å²) >= 11 is 0. The summed E-state index contributed by atoms with van der Waals surface area (Å²) in [6.07, 6.45) is 1.25. The molecule has 5 nitrogen and oxygen atoms in total. The summed E-state index contributed by atoms with van der Waals surface area (Å²) in [6.45, 7) is 0.113. The van der Waals surface area contributed by atoms with E-state index in [9.17, 15) is 12.8 Å². The summed E-state index contributed by atoms with van der Waals surface area (Å²) < 4.78 is 44.2. The highest BCUT2D eigenvalue weighted by Gasteiger charge is 2.25. The highest BCUT2D eigenvalue weighted by atomic mass is 32.2. The van der Waals surface area contributed by atoms with Crippen molar-refractivity contribution in [3.05, 3.63) is 54.0 Å². The molecule has 21 heavy (non-hydrogen) atoms. The Balaban J connectivity index is 2.22. The van der Waals surface area contributed by atoms with Gasteiger partial charge in [-0.05, 0) is 29.8 Å². The quantitative estimate of drug-likeness (QED) is 0.848. The third-order valence-electron chi connectivity index (χ3n) is 2.94. The van der Waals surface area contributed by atoms with Crippen molar-refractivity contribution >= 4 is 10.0 Å². The van der Waals surface area contributed by atoms with Gasteiger partial charge in [-0.1, -0.05) is 12.1 Å². The van der Waals surface area contributed by atoms with Gasteiger partial charge in [0.25, 0.3) is 10.0 Å². The van der Waals surface area contributed by atoms with Crippen LogP contribution in [0.4, 0.5) is 4.39 Å². The van der Waals surface area contributed by atoms with Gasteiger partial charge in [-0.15, -0.1) is 0 Å². The summed E-state index contributed by atoms with van der Waals surface area (Å²) in [4.78, 5) is 3.62. The van der Waals surface area contributed by atoms with Gasteiger partial charge in [0.15, 0.2) is 5.82 Å². The van der Waals surface area contributed by atoms with Crippen LogP contribution in [0.3, 0.4) is 0 Å². The molecule has 0 aliphatic rings. The number of hydrogen-bond acceptors (Lipinski definition) is 4. The Hall–Kier alpha value is -1.99. The minimum Gasteiger partial charge on any atom is -0.497 e. The summed E-state index contributed by atoms with van der Waals surface area (Å²) in [6, 6.07) is 9.38. The van der Waals surface area contributed by atoms with Crippen LogP contribution in [-0.2, 0) is 16.6 Å². The monoisotopic (exact) mass is 310 g/mol. The van der Waals surface area contributed by atoms with Crippen molar-refractivity contribution in [3.63, 3.8) is 0 Å². The van der Waals surface area contributed by atoms with E-state index in [1.165, 1.54) is 19.3 Å². The summed E-state index contributed by atoms with van der Waals surface area (Å²) in [7, 11) is -1.03. The molecule has 0 saturated carbocycles. The number of hydrogen-bond donors (Lipinski definition) is 0. The van der Waals surface area contributed by atoms with Crippen molar-refractivity contribution in [2.45, 2.75) is 11.6 Å². The molecule has 2 rings (SSSR count). The van der Waals surface area contributed by atoms with Crippen molar-refractivity contribution in [1.82, 2.24) is 9.29 Å². The van der Waals surface area contributed by atoms with Gasteiger partial charge in [0.05, 0.1) is 7.11 Å². The Morgan fingerprint density at radius 2 is 1.90 bits per heavy atom. The molecule has 0 aliphatic carbocycles. The van der Waals surface area contributed by atoms with Gasteiger partial charge >= 0.3 is 0 Å². The molecular formula is C14H15FN2O3S. The highest BCUT2D eigenvalue weighted by molar-refractivity contribution is 7.89. The first-order valence-corrected chi connectivity index (χ1v) is 7.59. The Bertz CT molecular complexity index is 717. The second kappa shape index (κ2) is 6.19. The van der Waals surface area contributed by atoms with Crippen LogP contribution in [0.15, 0.2) is 47.6 Å². The normalized spacial score (nSPS) is 11.6. The van der Waals surface area contributed by atoms with E-state index in [-0.39, 0.29) is 6.54 Å². The molecule has 0 amide bonds. The predicted octanol–water partition coefficient (Wildman–Crippen LogP) is 2.05. The molecule has 7 heteroatoms. The smallest absolute Gasteiger partial charge is 0.263 e. The van der Waals surface area contributed by atoms with Crippen LogP contribution < -0.4 is 4.74 Å². The number of benzene rings is 1. The molecule has 112 valence electrons. The van der Waals surface area contributed by atoms with Crippen LogP contribution in [-0.4, -0.2) is 31.9 Å². The number of aromatic nitrogens is 1. The van der Waals surface area contributed by atoms with E-state index in [4.69, 9.17) is 4.74 Å². The Kier molecular flexibility index (Phi) is 4.54. The van der Waals surface area contributed by atoms with E-state index in [1.54, 1.807) is 31.4 Å². The maximum atomic E-state index is 13.6. The predicted molar refractivity (Wildman–Crippen MR) is 75.8 cm³/mol. The summed E-state index contributed by atoms with van der Waals surface area (Å²) in [5, 5.41) is -0.569. The van der Waals surface area contributed by atoms with Crippen LogP contribution in [0, 0.1) is 5.82 Å². The molecule has 0 atom stereocenters. The van der Waals surface area contributed by atoms with Gasteiger partial charge in [-0.25, -0.2) is 17.8 Å². The van der Waals surface area contributed by atoms with Gasteiger partial charge in [-0.2, -0.15) is 4.31 Å². The Labute approximate surface area is 123 Å². The summed E-state index contributed by atoms with van der Waals surface area (Å²) in [5.41, 5.74) is 0.762. The molecule has 0 spiro atoms. The largest absolute Gasteiger partial charge is 0.497 e. The fourth-order valence-electron chi connectivity index (χ4n) is 1.78. The number of methoxy groups -OCH3 is 1. The molecule has 0 unspecified atom stereocenters. The number of ether oxygens (including phenoxy) is 1. The lowest BCUT2D eigenvalue weighted by atomic mass is 10.2. The van der Waals surface area contributed by atoms with Crippen LogP contribution in [0.5, 0.6) is 5.75 Å². The minimum atomic E-state index is -3.97. The topological polar surface area (TPSA) is 59.5 Å². The van der Waals surface area contributed by atoms with Crippen LogP contribution in [0.1, 0.15) is 5.56 Å². The van der Waals surface area contributed by atoms with Crippen molar-refractivity contribution in [3.8, 4) is 5.75 Å². The first-order valence-electron chi connectivity index (χ1n) is 6.15. The van der Waals surface area contributed by atoms with Crippen molar-refractivity contribution in [2.24, 2.45) is 0 Å². The maximum Gasteiger partial charge on any atom is 0.263 e. The minimum absolute atomic E-state index is 0.113. The van der Waals surface area contributed by atoms with Gasteiger partial charge in [0.2, 0.25) is 5.03 Å². The molecule has 0 N–H and O–H groups in total. The second-order valence-electron chi connectivity index (χ2n) is 4.40. The molecule has 0 radical (unpaired) electrons. The number of pyridine rings is 1. The van der Waals surface area contributed by atoms with E-state index in [1.807, 2.05) is 0 Å². The molecular weight excluding hydrogens is 295 g/mol. The zero-order valence-electron chi connectivity index (χ0n) is 11.7. The maximum absolute atomic E-state index is 13.6. The Morgan fingerprint density at radius 3 is 2.48 bits per heavy atom. The third-order valence-corrected chi connectivity index (χ3v) is 4.68. The fraction of sp³-hybridized carbons (Fsp3) is 0.214. The van der Waals surface area contributed by atoms with E-state index < -0.39 is 20.9 Å². The number of rotatable bonds is 5. The van der Waals surface area contributed by atoms with Crippen LogP contribution in [0.25, 0.3) is 0 Å². The van der Waals surface area contributed by atoms with Gasteiger partial charge in [-0.3, -0.25) is 0 Å². The zero-order valence-corrected chi connectivity index (χ0v) is 12.5. The SMILES string of the molecule is COc1ccc(CN(C)S(=O)(=O)c2ncccc2F)cc1. The van der Waals surface area contributed by atoms with E-state index in [2.05, 4.69) is 4.98 Å². The lowest BCUT2D eigenvalue weighted by molar-refractivity contribution is 0.414. The molecule has 2 aromatic rings. The van der Waals surface area contributed by atoms with Gasteiger partial charge in [0, 0.05) is 19.8 Å². The zero-order chi connectivity index (χ0) is 15.5. The molecule has 1 heterocycles. The van der Waals surface area contributed by atoms with E-state index in [0.29, 0.717) is 5.75 Å². The molecule has 0 saturated heterocycles. The second-order valence-corrected chi connectivity index (χ2v) is 6.36. The van der Waals surface area contributed by atoms with Gasteiger partial charge in [0.1, 0.15) is 5.75 Å². The average Bonchev–Trinajstić information content (AvgIpc) is 2.48. The molecule has 1 aromatic heterocycles. The molecule has 0 aliphatic heterocycles. The van der Waals surface area contributed by atoms with E-state index in [0.717, 1.165) is 15.9 Å². The standard InChI is InChI=1S/C14H15FN2O3S/c1-17(10-11-5-7-12(20-2)8-6-11)21(18,19)14-13(15)4-3-9-16-14/h3-9H,10H2,1-2H3. The first-order chi connectivity index (χ1) is 9.95. The summed E-state index contributed by atoms with van der Waals surface area (Å²) in [5.74, 6) is -0.181. The van der Waals surface area contributed by atoms with Crippen molar-refractivity contribution < 1.29 is 17.5 Å². The first kappa shape index (κ1) is 15.4. The van der Waals surface area contributed by atoms with Gasteiger partial charge < -0.3 is 4.74 Å². The number of nitrogens with zero attached hydrogens (tertiary/aromatic N) is 2. The van der Waals surface area contributed by atoms with Crippen LogP contribution in [0.2, 0.25) is 0 Å². The Morgan fingerprint density at radius 1 is 1.24 bits per heavy atom. The lowest BCUT2D eigenvalue weighted by Gasteiger charge is -2.17. The number of sulfonamides is 1. The van der Waals surface area contributed by atoms with Crippen molar-refractivity contribution in [1.29, 1.82) is 0 Å². The van der Waals surface area contributed by atoms with Crippen LogP contribution >= 0.6 is 0 Å². The molecule has 1 aromatic carbocycles. The van der Waals surface area contributed by atoms with Crippen molar-refractivity contribution in [2.75, 3.05) is 14.2 Å². The average molecular weight is 310 g/mol. The molecule has 0 fully saturated rings. The highest BCUT2D eigenvalue weighted by Crippen LogP contribution is 2.18. The fourth-order valence-corrected chi connectivity index (χ4v) is 2.90. The number of halogens is 1.